The summed E-state index contributed by atoms with van der Waals surface area (Å²) >= 11 is 6.44. The first kappa shape index (κ1) is 20.7. The standard InChI is InChI=1S/C19H12I3NO4/c1-9-5-12(3-4-13(9)20)18-23-16(19(25)27-18)8-11-6-14(21)17(15(22)7-11)26-10(2)24/h3-8H,1-2H3/b16-8-. The number of benzene rings is 2. The van der Waals surface area contributed by atoms with Crippen LogP contribution in [0.25, 0.3) is 6.08 Å². The molecule has 0 fully saturated rings. The van der Waals surface area contributed by atoms with Crippen LogP contribution in [0.4, 0.5) is 0 Å². The van der Waals surface area contributed by atoms with Gasteiger partial charge in [-0.2, -0.15) is 0 Å². The van der Waals surface area contributed by atoms with Gasteiger partial charge in [-0.15, -0.1) is 0 Å². The predicted octanol–water partition coefficient (Wildman–Crippen LogP) is 5.08. The third-order valence-corrected chi connectivity index (χ3v) is 6.41. The number of hydrogen-bond donors (Lipinski definition) is 0. The second kappa shape index (κ2) is 8.55. The number of esters is 2. The number of carbonyl (C=O) groups excluding carboxylic acids is 2. The molecule has 0 amide bonds. The van der Waals surface area contributed by atoms with E-state index in [2.05, 4.69) is 72.8 Å². The van der Waals surface area contributed by atoms with Crippen molar-refractivity contribution < 1.29 is 19.1 Å². The van der Waals surface area contributed by atoms with E-state index < -0.39 is 5.97 Å². The fraction of sp³-hybridized carbons (Fsp3) is 0.105. The summed E-state index contributed by atoms with van der Waals surface area (Å²) in [6.45, 7) is 3.35. The molecule has 0 bridgehead atoms. The van der Waals surface area contributed by atoms with E-state index in [-0.39, 0.29) is 11.7 Å². The molecule has 5 nitrogen and oxygen atoms in total. The maximum absolute atomic E-state index is 12.2. The lowest BCUT2D eigenvalue weighted by atomic mass is 10.1. The lowest BCUT2D eigenvalue weighted by molar-refractivity contribution is -0.132. The first-order valence-corrected chi connectivity index (χ1v) is 10.9. The van der Waals surface area contributed by atoms with E-state index in [1.807, 2.05) is 37.3 Å². The van der Waals surface area contributed by atoms with Gasteiger partial charge in [-0.3, -0.25) is 4.79 Å². The number of aliphatic imine (C=N–C) groups is 1. The van der Waals surface area contributed by atoms with Gasteiger partial charge >= 0.3 is 11.9 Å². The first-order chi connectivity index (χ1) is 12.7. The molecule has 0 unspecified atom stereocenters. The van der Waals surface area contributed by atoms with E-state index in [1.54, 1.807) is 6.08 Å². The van der Waals surface area contributed by atoms with E-state index in [0.717, 1.165) is 27.4 Å². The van der Waals surface area contributed by atoms with Crippen LogP contribution in [0.1, 0.15) is 23.6 Å². The highest BCUT2D eigenvalue weighted by Gasteiger charge is 2.24. The van der Waals surface area contributed by atoms with Crippen molar-refractivity contribution in [2.75, 3.05) is 0 Å². The van der Waals surface area contributed by atoms with E-state index in [1.165, 1.54) is 6.92 Å². The molecule has 8 heteroatoms. The summed E-state index contributed by atoms with van der Waals surface area (Å²) in [7, 11) is 0. The van der Waals surface area contributed by atoms with Gasteiger partial charge in [-0.25, -0.2) is 9.79 Å². The zero-order valence-electron chi connectivity index (χ0n) is 14.2. The van der Waals surface area contributed by atoms with Crippen LogP contribution >= 0.6 is 67.8 Å². The van der Waals surface area contributed by atoms with Crippen molar-refractivity contribution in [2.45, 2.75) is 13.8 Å². The van der Waals surface area contributed by atoms with Crippen LogP contribution in [0.5, 0.6) is 5.75 Å². The number of hydrogen-bond acceptors (Lipinski definition) is 5. The number of nitrogens with zero attached hydrogens (tertiary/aromatic N) is 1. The Hall–Kier alpha value is -1.02. The SMILES string of the molecule is CC(=O)Oc1c(I)cc(/C=C2\N=C(c3ccc(I)c(C)c3)OC2=O)cc1I. The summed E-state index contributed by atoms with van der Waals surface area (Å²) in [6, 6.07) is 9.43. The smallest absolute Gasteiger partial charge is 0.363 e. The van der Waals surface area contributed by atoms with Gasteiger partial charge in [-0.1, -0.05) is 0 Å². The molecule has 1 aliphatic rings. The number of cyclic esters (lactones) is 1. The molecule has 0 aromatic heterocycles. The van der Waals surface area contributed by atoms with E-state index >= 15 is 0 Å². The summed E-state index contributed by atoms with van der Waals surface area (Å²) in [6.07, 6.45) is 1.66. The number of carbonyl (C=O) groups is 2. The van der Waals surface area contributed by atoms with Gasteiger partial charge in [-0.05, 0) is 122 Å². The number of ether oxygens (including phenoxy) is 2. The van der Waals surface area contributed by atoms with Crippen LogP contribution in [0.3, 0.4) is 0 Å². The minimum atomic E-state index is -0.490. The van der Waals surface area contributed by atoms with Gasteiger partial charge in [0, 0.05) is 16.1 Å². The highest BCUT2D eigenvalue weighted by atomic mass is 127. The van der Waals surface area contributed by atoms with Crippen molar-refractivity contribution >= 4 is 91.7 Å². The highest BCUT2D eigenvalue weighted by Crippen LogP contribution is 2.30. The van der Waals surface area contributed by atoms with Crippen LogP contribution < -0.4 is 4.74 Å². The zero-order valence-corrected chi connectivity index (χ0v) is 20.7. The number of halogens is 3. The second-order valence-electron chi connectivity index (χ2n) is 5.71. The van der Waals surface area contributed by atoms with Gasteiger partial charge in [0.15, 0.2) is 11.4 Å². The Kier molecular flexibility index (Phi) is 6.56. The van der Waals surface area contributed by atoms with E-state index in [4.69, 9.17) is 9.47 Å². The molecule has 0 N–H and O–H groups in total. The lowest BCUT2D eigenvalue weighted by Crippen LogP contribution is -2.06. The molecule has 2 aromatic rings. The molecule has 0 saturated heterocycles. The molecule has 2 aromatic carbocycles. The Morgan fingerprint density at radius 3 is 2.37 bits per heavy atom. The molecule has 3 rings (SSSR count). The van der Waals surface area contributed by atoms with E-state index in [0.29, 0.717) is 11.6 Å². The Bertz CT molecular complexity index is 1000. The molecule has 138 valence electrons. The van der Waals surface area contributed by atoms with Gasteiger partial charge in [0.25, 0.3) is 0 Å². The zero-order chi connectivity index (χ0) is 19.7. The first-order valence-electron chi connectivity index (χ1n) is 7.71. The maximum atomic E-state index is 12.2. The lowest BCUT2D eigenvalue weighted by Gasteiger charge is -2.08. The van der Waals surface area contributed by atoms with E-state index in [9.17, 15) is 9.59 Å². The second-order valence-corrected chi connectivity index (χ2v) is 9.19. The fourth-order valence-electron chi connectivity index (χ4n) is 2.37. The van der Waals surface area contributed by atoms with Crippen molar-refractivity contribution in [3.05, 3.63) is 63.4 Å². The van der Waals surface area contributed by atoms with Gasteiger partial charge in [0.1, 0.15) is 0 Å². The topological polar surface area (TPSA) is 65.0 Å². The molecule has 0 saturated carbocycles. The van der Waals surface area contributed by atoms with Crippen LogP contribution in [0.2, 0.25) is 0 Å². The minimum Gasteiger partial charge on any atom is -0.424 e. The summed E-state index contributed by atoms with van der Waals surface area (Å²) in [5.41, 5.74) is 2.86. The third-order valence-electron chi connectivity index (χ3n) is 3.60. The molecular formula is C19H12I3NO4. The molecule has 1 aliphatic heterocycles. The molecule has 0 aliphatic carbocycles. The van der Waals surface area contributed by atoms with Crippen molar-refractivity contribution in [1.29, 1.82) is 0 Å². The average molecular weight is 699 g/mol. The van der Waals surface area contributed by atoms with Crippen LogP contribution in [0.15, 0.2) is 41.0 Å². The molecular weight excluding hydrogens is 687 g/mol. The van der Waals surface area contributed by atoms with Crippen LogP contribution in [-0.4, -0.2) is 17.8 Å². The van der Waals surface area contributed by atoms with Gasteiger partial charge < -0.3 is 9.47 Å². The van der Waals surface area contributed by atoms with Crippen LogP contribution in [0, 0.1) is 17.6 Å². The van der Waals surface area contributed by atoms with Crippen LogP contribution in [-0.2, 0) is 14.3 Å². The quantitative estimate of drug-likeness (QED) is 0.194. The van der Waals surface area contributed by atoms with Gasteiger partial charge in [0.2, 0.25) is 5.90 Å². The maximum Gasteiger partial charge on any atom is 0.363 e. The summed E-state index contributed by atoms with van der Waals surface area (Å²) in [4.78, 5) is 27.8. The Balaban J connectivity index is 1.95. The van der Waals surface area contributed by atoms with Crippen molar-refractivity contribution in [3.63, 3.8) is 0 Å². The molecule has 0 atom stereocenters. The Morgan fingerprint density at radius 2 is 1.78 bits per heavy atom. The summed E-state index contributed by atoms with van der Waals surface area (Å²) < 4.78 is 13.2. The van der Waals surface area contributed by atoms with Crippen molar-refractivity contribution in [2.24, 2.45) is 4.99 Å². The summed E-state index contributed by atoms with van der Waals surface area (Å²) in [5.74, 6) is -0.0567. The molecule has 0 spiro atoms. The third kappa shape index (κ3) is 4.88. The average Bonchev–Trinajstić information content (AvgIpc) is 2.94. The normalized spacial score (nSPS) is 14.9. The fourth-order valence-corrected chi connectivity index (χ4v) is 4.74. The summed E-state index contributed by atoms with van der Waals surface area (Å²) in [5, 5.41) is 0. The highest BCUT2D eigenvalue weighted by molar-refractivity contribution is 14.1. The van der Waals surface area contributed by atoms with Crippen molar-refractivity contribution in [3.8, 4) is 5.75 Å². The largest absolute Gasteiger partial charge is 0.424 e. The Labute approximate surface area is 197 Å². The van der Waals surface area contributed by atoms with Crippen molar-refractivity contribution in [1.82, 2.24) is 0 Å². The van der Waals surface area contributed by atoms with Gasteiger partial charge in [0.05, 0.1) is 7.14 Å². The molecule has 27 heavy (non-hydrogen) atoms. The number of aryl methyl sites for hydroxylation is 1. The minimum absolute atomic E-state index is 0.230. The molecule has 0 radical (unpaired) electrons. The predicted molar refractivity (Wildman–Crippen MR) is 128 cm³/mol. The monoisotopic (exact) mass is 699 g/mol. The molecule has 1 heterocycles. The Morgan fingerprint density at radius 1 is 1.11 bits per heavy atom. The number of rotatable bonds is 3.